The van der Waals surface area contributed by atoms with E-state index in [9.17, 15) is 0 Å². The number of oxime groups is 1. The van der Waals surface area contributed by atoms with Gasteiger partial charge in [0.2, 0.25) is 0 Å². The molecule has 0 unspecified atom stereocenters. The zero-order valence-electron chi connectivity index (χ0n) is 10.0. The maximum absolute atomic E-state index is 8.63. The topological polar surface area (TPSA) is 84.4 Å². The summed E-state index contributed by atoms with van der Waals surface area (Å²) >= 11 is 7.47. The number of aromatic nitrogens is 2. The quantitative estimate of drug-likeness (QED) is 0.299. The Morgan fingerprint density at radius 3 is 2.84 bits per heavy atom. The molecule has 5 nitrogen and oxygen atoms in total. The molecule has 0 atom stereocenters. The monoisotopic (exact) mass is 294 g/mol. The fourth-order valence-electron chi connectivity index (χ4n) is 1.40. The minimum atomic E-state index is -0.0200. The van der Waals surface area contributed by atoms with Gasteiger partial charge in [-0.2, -0.15) is 0 Å². The van der Waals surface area contributed by atoms with E-state index in [1.54, 1.807) is 18.3 Å². The van der Waals surface area contributed by atoms with Crippen LogP contribution in [-0.4, -0.2) is 21.0 Å². The molecule has 0 aliphatic rings. The third-order valence-corrected chi connectivity index (χ3v) is 3.49. The van der Waals surface area contributed by atoms with Crippen molar-refractivity contribution in [2.45, 2.75) is 17.0 Å². The number of nitrogens with zero attached hydrogens (tertiary/aromatic N) is 3. The molecule has 1 aromatic carbocycles. The maximum Gasteiger partial charge on any atom is 0.192 e. The number of nitrogens with two attached hydrogens (primary N) is 1. The Morgan fingerprint density at radius 2 is 2.21 bits per heavy atom. The molecule has 0 spiro atoms. The summed E-state index contributed by atoms with van der Waals surface area (Å²) in [6, 6.07) is 7.06. The van der Waals surface area contributed by atoms with Crippen LogP contribution in [0.3, 0.4) is 0 Å². The highest BCUT2D eigenvalue weighted by molar-refractivity contribution is 7.99. The van der Waals surface area contributed by atoms with E-state index in [-0.39, 0.29) is 5.84 Å². The van der Waals surface area contributed by atoms with Gasteiger partial charge in [0.25, 0.3) is 0 Å². The molecule has 19 heavy (non-hydrogen) atoms. The van der Waals surface area contributed by atoms with E-state index in [1.807, 2.05) is 19.1 Å². The average Bonchev–Trinajstić information content (AvgIpc) is 2.38. The van der Waals surface area contributed by atoms with Crippen LogP contribution in [-0.2, 0) is 0 Å². The van der Waals surface area contributed by atoms with Crippen molar-refractivity contribution in [1.29, 1.82) is 0 Å². The van der Waals surface area contributed by atoms with Gasteiger partial charge in [-0.25, -0.2) is 9.97 Å². The fraction of sp³-hybridized carbons (Fsp3) is 0.0833. The van der Waals surface area contributed by atoms with E-state index >= 15 is 0 Å². The number of rotatable bonds is 3. The molecule has 1 aromatic heterocycles. The van der Waals surface area contributed by atoms with Crippen molar-refractivity contribution >= 4 is 29.2 Å². The molecule has 0 aliphatic heterocycles. The summed E-state index contributed by atoms with van der Waals surface area (Å²) < 4.78 is 0. The van der Waals surface area contributed by atoms with E-state index in [2.05, 4.69) is 15.1 Å². The van der Waals surface area contributed by atoms with Crippen LogP contribution < -0.4 is 5.73 Å². The molecule has 2 rings (SSSR count). The molecule has 1 heterocycles. The van der Waals surface area contributed by atoms with Gasteiger partial charge < -0.3 is 10.9 Å². The Morgan fingerprint density at radius 1 is 1.42 bits per heavy atom. The van der Waals surface area contributed by atoms with Crippen LogP contribution >= 0.6 is 23.4 Å². The van der Waals surface area contributed by atoms with Gasteiger partial charge >= 0.3 is 0 Å². The second kappa shape index (κ2) is 5.90. The standard InChI is InChI=1S/C12H11ClN4OS/c1-7-4-5-15-12(16-7)19-8-2-3-9(10(13)6-8)11(14)17-18/h2-6,18H,1H3,(H2,14,17). The second-order valence-corrected chi connectivity index (χ2v) is 5.16. The Balaban J connectivity index is 2.26. The lowest BCUT2D eigenvalue weighted by atomic mass is 10.2. The first kappa shape index (κ1) is 13.6. The van der Waals surface area contributed by atoms with Crippen molar-refractivity contribution in [1.82, 2.24) is 9.97 Å². The van der Waals surface area contributed by atoms with Crippen LogP contribution in [0.15, 0.2) is 45.7 Å². The second-order valence-electron chi connectivity index (χ2n) is 3.71. The van der Waals surface area contributed by atoms with Gasteiger partial charge in [-0.3, -0.25) is 0 Å². The van der Waals surface area contributed by atoms with E-state index in [1.165, 1.54) is 11.8 Å². The van der Waals surface area contributed by atoms with Gasteiger partial charge in [0, 0.05) is 22.3 Å². The normalized spacial score (nSPS) is 11.6. The van der Waals surface area contributed by atoms with Crippen molar-refractivity contribution < 1.29 is 5.21 Å². The summed E-state index contributed by atoms with van der Waals surface area (Å²) in [5, 5.41) is 12.6. The van der Waals surface area contributed by atoms with Crippen molar-refractivity contribution in [2.75, 3.05) is 0 Å². The van der Waals surface area contributed by atoms with Gasteiger partial charge in [0.15, 0.2) is 11.0 Å². The van der Waals surface area contributed by atoms with Gasteiger partial charge in [-0.1, -0.05) is 16.8 Å². The molecule has 0 bridgehead atoms. The third kappa shape index (κ3) is 3.36. The Bertz CT molecular complexity index is 633. The SMILES string of the molecule is Cc1ccnc(Sc2ccc(C(N)=NO)c(Cl)c2)n1. The number of halogens is 1. The van der Waals surface area contributed by atoms with Gasteiger partial charge in [-0.05, 0) is 43.0 Å². The van der Waals surface area contributed by atoms with Crippen LogP contribution in [0.4, 0.5) is 0 Å². The lowest BCUT2D eigenvalue weighted by molar-refractivity contribution is 0.318. The van der Waals surface area contributed by atoms with E-state index < -0.39 is 0 Å². The van der Waals surface area contributed by atoms with Crippen LogP contribution in [0.25, 0.3) is 0 Å². The fourth-order valence-corrected chi connectivity index (χ4v) is 2.57. The molecule has 98 valence electrons. The van der Waals surface area contributed by atoms with Crippen molar-refractivity contribution in [3.63, 3.8) is 0 Å². The van der Waals surface area contributed by atoms with E-state index in [0.29, 0.717) is 15.7 Å². The van der Waals surface area contributed by atoms with Gasteiger partial charge in [0.05, 0.1) is 5.02 Å². The Hall–Kier alpha value is -1.79. The number of amidine groups is 1. The smallest absolute Gasteiger partial charge is 0.192 e. The van der Waals surface area contributed by atoms with Crippen LogP contribution in [0, 0.1) is 6.92 Å². The average molecular weight is 295 g/mol. The van der Waals surface area contributed by atoms with Crippen LogP contribution in [0.2, 0.25) is 5.02 Å². The summed E-state index contributed by atoms with van der Waals surface area (Å²) in [4.78, 5) is 9.33. The van der Waals surface area contributed by atoms with E-state index in [4.69, 9.17) is 22.5 Å². The molecule has 0 radical (unpaired) electrons. The molecule has 2 aromatic rings. The molecule has 0 saturated heterocycles. The van der Waals surface area contributed by atoms with Crippen LogP contribution in [0.5, 0.6) is 0 Å². The molecule has 7 heteroatoms. The molecule has 0 saturated carbocycles. The number of hydrogen-bond donors (Lipinski definition) is 2. The molecule has 0 amide bonds. The summed E-state index contributed by atoms with van der Waals surface area (Å²) in [6.07, 6.45) is 1.71. The highest BCUT2D eigenvalue weighted by Crippen LogP contribution is 2.28. The first-order valence-electron chi connectivity index (χ1n) is 5.35. The number of aryl methyl sites for hydroxylation is 1. The lowest BCUT2D eigenvalue weighted by Gasteiger charge is -2.05. The zero-order chi connectivity index (χ0) is 13.8. The predicted molar refractivity (Wildman–Crippen MR) is 74.9 cm³/mol. The van der Waals surface area contributed by atoms with E-state index in [0.717, 1.165) is 10.6 Å². The lowest BCUT2D eigenvalue weighted by Crippen LogP contribution is -2.13. The molecule has 3 N–H and O–H groups in total. The highest BCUT2D eigenvalue weighted by atomic mass is 35.5. The van der Waals surface area contributed by atoms with Crippen molar-refractivity contribution in [2.24, 2.45) is 10.9 Å². The summed E-state index contributed by atoms with van der Waals surface area (Å²) in [7, 11) is 0. The summed E-state index contributed by atoms with van der Waals surface area (Å²) in [5.41, 5.74) is 6.89. The summed E-state index contributed by atoms with van der Waals surface area (Å²) in [6.45, 7) is 1.90. The summed E-state index contributed by atoms with van der Waals surface area (Å²) in [5.74, 6) is -0.0200. The molecular formula is C12H11ClN4OS. The minimum Gasteiger partial charge on any atom is -0.409 e. The van der Waals surface area contributed by atoms with Gasteiger partial charge in [-0.15, -0.1) is 0 Å². The Labute approximate surface area is 119 Å². The first-order chi connectivity index (χ1) is 9.10. The zero-order valence-corrected chi connectivity index (χ0v) is 11.6. The maximum atomic E-state index is 8.63. The largest absolute Gasteiger partial charge is 0.409 e. The highest BCUT2D eigenvalue weighted by Gasteiger charge is 2.08. The Kier molecular flexibility index (Phi) is 4.24. The molecular weight excluding hydrogens is 284 g/mol. The minimum absolute atomic E-state index is 0.0200. The first-order valence-corrected chi connectivity index (χ1v) is 6.54. The number of hydrogen-bond acceptors (Lipinski definition) is 5. The van der Waals surface area contributed by atoms with Crippen molar-refractivity contribution in [3.8, 4) is 0 Å². The molecule has 0 fully saturated rings. The van der Waals surface area contributed by atoms with Crippen LogP contribution in [0.1, 0.15) is 11.3 Å². The number of benzene rings is 1. The third-order valence-electron chi connectivity index (χ3n) is 2.31. The van der Waals surface area contributed by atoms with Gasteiger partial charge in [0.1, 0.15) is 0 Å². The predicted octanol–water partition coefficient (Wildman–Crippen LogP) is 2.68. The van der Waals surface area contributed by atoms with Crippen molar-refractivity contribution in [3.05, 3.63) is 46.7 Å². The molecule has 0 aliphatic carbocycles.